The Kier molecular flexibility index (Phi) is 2.16. The fraction of sp³-hybridized carbons (Fsp3) is 0.111. The van der Waals surface area contributed by atoms with Gasteiger partial charge in [-0.15, -0.1) is 0 Å². The molecule has 0 amide bonds. The minimum atomic E-state index is 0.0700. The Balaban J connectivity index is 3.00. The van der Waals surface area contributed by atoms with Crippen molar-refractivity contribution in [1.29, 1.82) is 0 Å². The maximum Gasteiger partial charge on any atom is 0.159 e. The average molecular weight is 147 g/mol. The molecule has 0 aliphatic rings. The summed E-state index contributed by atoms with van der Waals surface area (Å²) in [5.74, 6) is 0.0700. The molecule has 11 heavy (non-hydrogen) atoms. The van der Waals surface area contributed by atoms with E-state index in [0.29, 0.717) is 5.56 Å². The molecule has 0 fully saturated rings. The molecule has 0 aliphatic heterocycles. The van der Waals surface area contributed by atoms with Crippen LogP contribution in [0.4, 0.5) is 5.69 Å². The summed E-state index contributed by atoms with van der Waals surface area (Å²) in [5, 5.41) is 0. The molecular formula is C9H9NO. The maximum atomic E-state index is 10.8. The number of carbonyl (C=O) groups is 1. The van der Waals surface area contributed by atoms with Crippen molar-refractivity contribution < 1.29 is 4.79 Å². The lowest BCUT2D eigenvalue weighted by Crippen LogP contribution is -1.89. The Morgan fingerprint density at radius 1 is 1.36 bits per heavy atom. The number of Topliss-reactive ketones (excluding diaryl/α,β-unsaturated/α-hetero) is 1. The number of carbonyl (C=O) groups excluding carboxylic acids is 1. The molecule has 0 heterocycles. The monoisotopic (exact) mass is 147 g/mol. The first-order valence-electron chi connectivity index (χ1n) is 3.32. The molecule has 0 spiro atoms. The van der Waals surface area contributed by atoms with E-state index in [1.807, 2.05) is 0 Å². The van der Waals surface area contributed by atoms with Crippen LogP contribution >= 0.6 is 0 Å². The summed E-state index contributed by atoms with van der Waals surface area (Å²) in [7, 11) is 0. The van der Waals surface area contributed by atoms with Crippen LogP contribution in [-0.4, -0.2) is 12.5 Å². The lowest BCUT2D eigenvalue weighted by molar-refractivity contribution is 0.101. The van der Waals surface area contributed by atoms with E-state index in [-0.39, 0.29) is 5.78 Å². The van der Waals surface area contributed by atoms with Gasteiger partial charge < -0.3 is 0 Å². The highest BCUT2D eigenvalue weighted by Gasteiger charge is 1.96. The summed E-state index contributed by atoms with van der Waals surface area (Å²) in [5.41, 5.74) is 1.49. The van der Waals surface area contributed by atoms with E-state index in [9.17, 15) is 4.79 Å². The summed E-state index contributed by atoms with van der Waals surface area (Å²) in [6.07, 6.45) is 0. The molecule has 0 saturated carbocycles. The third-order valence-corrected chi connectivity index (χ3v) is 1.46. The quantitative estimate of drug-likeness (QED) is 0.466. The predicted octanol–water partition coefficient (Wildman–Crippen LogP) is 2.22. The molecule has 1 rings (SSSR count). The highest BCUT2D eigenvalue weighted by atomic mass is 16.1. The first-order valence-corrected chi connectivity index (χ1v) is 3.32. The molecule has 0 N–H and O–H groups in total. The van der Waals surface area contributed by atoms with Crippen LogP contribution in [0.3, 0.4) is 0 Å². The Morgan fingerprint density at radius 2 is 1.91 bits per heavy atom. The van der Waals surface area contributed by atoms with Crippen molar-refractivity contribution in [3.05, 3.63) is 29.8 Å². The zero-order valence-electron chi connectivity index (χ0n) is 6.37. The van der Waals surface area contributed by atoms with Gasteiger partial charge in [-0.3, -0.25) is 9.79 Å². The fourth-order valence-corrected chi connectivity index (χ4v) is 0.802. The van der Waals surface area contributed by atoms with Gasteiger partial charge in [-0.1, -0.05) is 0 Å². The normalized spacial score (nSPS) is 9.18. The Morgan fingerprint density at radius 3 is 2.27 bits per heavy atom. The van der Waals surface area contributed by atoms with Crippen LogP contribution in [0.15, 0.2) is 29.3 Å². The molecule has 1 aromatic rings. The lowest BCUT2D eigenvalue weighted by atomic mass is 10.1. The van der Waals surface area contributed by atoms with E-state index in [1.54, 1.807) is 24.3 Å². The standard InChI is InChI=1S/C9H9NO/c1-7(11)8-3-5-9(10-2)6-4-8/h3-6H,2H2,1H3. The zero-order valence-corrected chi connectivity index (χ0v) is 6.37. The highest BCUT2D eigenvalue weighted by molar-refractivity contribution is 5.94. The van der Waals surface area contributed by atoms with Gasteiger partial charge >= 0.3 is 0 Å². The van der Waals surface area contributed by atoms with E-state index in [4.69, 9.17) is 0 Å². The van der Waals surface area contributed by atoms with Gasteiger partial charge in [0.25, 0.3) is 0 Å². The van der Waals surface area contributed by atoms with Crippen molar-refractivity contribution in [2.24, 2.45) is 4.99 Å². The number of nitrogens with zero attached hydrogens (tertiary/aromatic N) is 1. The minimum Gasteiger partial charge on any atom is -0.295 e. The molecule has 0 bridgehead atoms. The van der Waals surface area contributed by atoms with Crippen LogP contribution < -0.4 is 0 Å². The van der Waals surface area contributed by atoms with E-state index in [1.165, 1.54) is 6.92 Å². The molecule has 1 aromatic carbocycles. The smallest absolute Gasteiger partial charge is 0.159 e. The molecule has 56 valence electrons. The molecule has 0 atom stereocenters. The van der Waals surface area contributed by atoms with Crippen LogP contribution in [0.25, 0.3) is 0 Å². The van der Waals surface area contributed by atoms with Crippen molar-refractivity contribution in [2.75, 3.05) is 0 Å². The van der Waals surface area contributed by atoms with Gasteiger partial charge in [0, 0.05) is 5.56 Å². The van der Waals surface area contributed by atoms with Crippen LogP contribution in [0.1, 0.15) is 17.3 Å². The topological polar surface area (TPSA) is 29.4 Å². The van der Waals surface area contributed by atoms with E-state index >= 15 is 0 Å². The van der Waals surface area contributed by atoms with Crippen molar-refractivity contribution in [3.8, 4) is 0 Å². The van der Waals surface area contributed by atoms with Gasteiger partial charge in [-0.25, -0.2) is 0 Å². The summed E-state index contributed by atoms with van der Waals surface area (Å²) in [6, 6.07) is 7.02. The molecule has 0 unspecified atom stereocenters. The molecular weight excluding hydrogens is 138 g/mol. The first kappa shape index (κ1) is 7.66. The lowest BCUT2D eigenvalue weighted by Gasteiger charge is -1.94. The van der Waals surface area contributed by atoms with E-state index in [0.717, 1.165) is 5.69 Å². The molecule has 0 aliphatic carbocycles. The van der Waals surface area contributed by atoms with Crippen molar-refractivity contribution in [2.45, 2.75) is 6.92 Å². The Bertz CT molecular complexity index is 274. The highest BCUT2D eigenvalue weighted by Crippen LogP contribution is 2.11. The summed E-state index contributed by atoms with van der Waals surface area (Å²) in [6.45, 7) is 4.91. The number of ketones is 1. The van der Waals surface area contributed by atoms with Crippen LogP contribution in [-0.2, 0) is 0 Å². The number of benzene rings is 1. The molecule has 2 nitrogen and oxygen atoms in total. The van der Waals surface area contributed by atoms with Crippen molar-refractivity contribution in [1.82, 2.24) is 0 Å². The third kappa shape index (κ3) is 1.74. The summed E-state index contributed by atoms with van der Waals surface area (Å²) in [4.78, 5) is 14.5. The van der Waals surface area contributed by atoms with Crippen LogP contribution in [0.5, 0.6) is 0 Å². The largest absolute Gasteiger partial charge is 0.295 e. The second kappa shape index (κ2) is 3.10. The van der Waals surface area contributed by atoms with Gasteiger partial charge in [-0.2, -0.15) is 0 Å². The van der Waals surface area contributed by atoms with Gasteiger partial charge in [0.1, 0.15) is 0 Å². The van der Waals surface area contributed by atoms with Gasteiger partial charge in [0.05, 0.1) is 5.69 Å². The van der Waals surface area contributed by atoms with Crippen LogP contribution in [0.2, 0.25) is 0 Å². The predicted molar refractivity (Wildman–Crippen MR) is 45.7 cm³/mol. The number of rotatable bonds is 2. The van der Waals surface area contributed by atoms with E-state index in [2.05, 4.69) is 11.7 Å². The SMILES string of the molecule is C=Nc1ccc(C(C)=O)cc1. The second-order valence-corrected chi connectivity index (χ2v) is 2.26. The van der Waals surface area contributed by atoms with Gasteiger partial charge in [0.2, 0.25) is 0 Å². The number of aliphatic imine (C=N–C) groups is 1. The number of hydrogen-bond donors (Lipinski definition) is 0. The van der Waals surface area contributed by atoms with E-state index < -0.39 is 0 Å². The van der Waals surface area contributed by atoms with Gasteiger partial charge in [0.15, 0.2) is 5.78 Å². The Hall–Kier alpha value is -1.44. The van der Waals surface area contributed by atoms with Crippen molar-refractivity contribution >= 4 is 18.2 Å². The van der Waals surface area contributed by atoms with Gasteiger partial charge in [-0.05, 0) is 37.9 Å². The minimum absolute atomic E-state index is 0.0700. The molecule has 0 radical (unpaired) electrons. The molecule has 0 aromatic heterocycles. The zero-order chi connectivity index (χ0) is 8.27. The average Bonchev–Trinajstić information content (AvgIpc) is 2.05. The maximum absolute atomic E-state index is 10.8. The Labute approximate surface area is 65.6 Å². The van der Waals surface area contributed by atoms with Crippen LogP contribution in [0, 0.1) is 0 Å². The second-order valence-electron chi connectivity index (χ2n) is 2.26. The third-order valence-electron chi connectivity index (χ3n) is 1.46. The fourth-order valence-electron chi connectivity index (χ4n) is 0.802. The number of hydrogen-bond acceptors (Lipinski definition) is 2. The summed E-state index contributed by atoms with van der Waals surface area (Å²) >= 11 is 0. The molecule has 0 saturated heterocycles. The first-order chi connectivity index (χ1) is 5.24. The summed E-state index contributed by atoms with van der Waals surface area (Å²) < 4.78 is 0. The van der Waals surface area contributed by atoms with Crippen molar-refractivity contribution in [3.63, 3.8) is 0 Å². The molecule has 2 heteroatoms.